The molecule has 0 radical (unpaired) electrons. The van der Waals surface area contributed by atoms with Crippen LogP contribution in [0.4, 0.5) is 0 Å². The summed E-state index contributed by atoms with van der Waals surface area (Å²) in [7, 11) is 0. The number of ether oxygens (including phenoxy) is 2. The van der Waals surface area contributed by atoms with Crippen molar-refractivity contribution in [2.75, 3.05) is 13.4 Å². The molecule has 0 aromatic heterocycles. The van der Waals surface area contributed by atoms with Crippen LogP contribution in [0, 0.1) is 0 Å². The smallest absolute Gasteiger partial charge is 0.331 e. The highest BCUT2D eigenvalue weighted by Crippen LogP contribution is 2.16. The van der Waals surface area contributed by atoms with Crippen molar-refractivity contribution < 1.29 is 19.4 Å². The average molecular weight is 172 g/mol. The first kappa shape index (κ1) is 9.22. The van der Waals surface area contributed by atoms with Gasteiger partial charge >= 0.3 is 5.97 Å². The molecule has 0 amide bonds. The predicted octanol–water partition coefficient (Wildman–Crippen LogP) is 0.780. The van der Waals surface area contributed by atoms with E-state index in [0.29, 0.717) is 12.2 Å². The molecule has 0 aliphatic carbocycles. The molecule has 1 fully saturated rings. The van der Waals surface area contributed by atoms with Gasteiger partial charge in [0, 0.05) is 5.57 Å². The Morgan fingerprint density at radius 3 is 2.58 bits per heavy atom. The highest BCUT2D eigenvalue weighted by molar-refractivity contribution is 5.86. The minimum Gasteiger partial charge on any atom is -0.478 e. The highest BCUT2D eigenvalue weighted by atomic mass is 16.7. The fraction of sp³-hybridized carbons (Fsp3) is 0.625. The lowest BCUT2D eigenvalue weighted by molar-refractivity contribution is -0.132. The topological polar surface area (TPSA) is 55.8 Å². The molecule has 1 aliphatic heterocycles. The summed E-state index contributed by atoms with van der Waals surface area (Å²) in [5, 5.41) is 8.66. The van der Waals surface area contributed by atoms with Crippen molar-refractivity contribution in [3.63, 3.8) is 0 Å². The lowest BCUT2D eigenvalue weighted by Gasteiger charge is -2.09. The average Bonchev–Trinajstić information content (AvgIpc) is 2.53. The molecule has 0 aromatic rings. The molecule has 1 N–H and O–H groups in total. The Kier molecular flexibility index (Phi) is 2.83. The maximum atomic E-state index is 10.5. The fourth-order valence-corrected chi connectivity index (χ4v) is 0.994. The van der Waals surface area contributed by atoms with Gasteiger partial charge in [0.1, 0.15) is 12.9 Å². The summed E-state index contributed by atoms with van der Waals surface area (Å²) in [5.41, 5.74) is 1.07. The van der Waals surface area contributed by atoms with E-state index in [1.165, 1.54) is 0 Å². The van der Waals surface area contributed by atoms with Crippen molar-refractivity contribution in [3.05, 3.63) is 11.1 Å². The second kappa shape index (κ2) is 3.69. The first-order valence-corrected chi connectivity index (χ1v) is 3.73. The van der Waals surface area contributed by atoms with Crippen molar-refractivity contribution in [3.8, 4) is 0 Å². The van der Waals surface area contributed by atoms with Crippen LogP contribution in [-0.2, 0) is 14.3 Å². The van der Waals surface area contributed by atoms with E-state index in [1.807, 2.05) is 0 Å². The Bertz CT molecular complexity index is 213. The lowest BCUT2D eigenvalue weighted by atomic mass is 10.1. The van der Waals surface area contributed by atoms with Crippen molar-refractivity contribution in [2.24, 2.45) is 0 Å². The third kappa shape index (κ3) is 1.84. The number of hydrogen-bond acceptors (Lipinski definition) is 3. The maximum Gasteiger partial charge on any atom is 0.331 e. The molecule has 1 heterocycles. The maximum absolute atomic E-state index is 10.5. The molecule has 0 bridgehead atoms. The molecular weight excluding hydrogens is 160 g/mol. The van der Waals surface area contributed by atoms with Crippen molar-refractivity contribution in [2.45, 2.75) is 20.0 Å². The molecule has 1 aliphatic rings. The Morgan fingerprint density at radius 1 is 1.50 bits per heavy atom. The first-order chi connectivity index (χ1) is 5.63. The largest absolute Gasteiger partial charge is 0.478 e. The van der Waals surface area contributed by atoms with Crippen LogP contribution in [0.1, 0.15) is 13.8 Å². The van der Waals surface area contributed by atoms with E-state index >= 15 is 0 Å². The van der Waals surface area contributed by atoms with Gasteiger partial charge in [0.15, 0.2) is 0 Å². The molecule has 4 nitrogen and oxygen atoms in total. The lowest BCUT2D eigenvalue weighted by Crippen LogP contribution is -2.15. The van der Waals surface area contributed by atoms with Crippen molar-refractivity contribution >= 4 is 5.97 Å². The molecule has 68 valence electrons. The normalized spacial score (nSPS) is 25.3. The quantitative estimate of drug-likeness (QED) is 0.625. The zero-order valence-electron chi connectivity index (χ0n) is 7.16. The van der Waals surface area contributed by atoms with E-state index in [2.05, 4.69) is 0 Å². The minimum atomic E-state index is -0.900. The molecule has 1 rings (SSSR count). The Hall–Kier alpha value is -0.870. The zero-order chi connectivity index (χ0) is 9.14. The van der Waals surface area contributed by atoms with Crippen LogP contribution in [0.25, 0.3) is 0 Å². The Labute approximate surface area is 70.8 Å². The summed E-state index contributed by atoms with van der Waals surface area (Å²) < 4.78 is 10.1. The number of carboxylic acid groups (broad SMARTS) is 1. The van der Waals surface area contributed by atoms with Crippen molar-refractivity contribution in [1.29, 1.82) is 0 Å². The summed E-state index contributed by atoms with van der Waals surface area (Å²) in [6.45, 7) is 4.04. The molecule has 1 unspecified atom stereocenters. The van der Waals surface area contributed by atoms with E-state index in [0.717, 1.165) is 5.57 Å². The summed E-state index contributed by atoms with van der Waals surface area (Å²) in [4.78, 5) is 10.5. The fourth-order valence-electron chi connectivity index (χ4n) is 0.994. The van der Waals surface area contributed by atoms with Gasteiger partial charge in [-0.05, 0) is 19.4 Å². The predicted molar refractivity (Wildman–Crippen MR) is 41.7 cm³/mol. The van der Waals surface area contributed by atoms with Gasteiger partial charge in [-0.25, -0.2) is 4.79 Å². The van der Waals surface area contributed by atoms with Crippen LogP contribution in [0.5, 0.6) is 0 Å². The SMILES string of the molecule is CC(C(=O)O)=C(C)C1COCO1. The first-order valence-electron chi connectivity index (χ1n) is 3.73. The second-order valence-electron chi connectivity index (χ2n) is 2.76. The molecular formula is C8H12O4. The van der Waals surface area contributed by atoms with Crippen LogP contribution in [0.3, 0.4) is 0 Å². The Morgan fingerprint density at radius 2 is 2.17 bits per heavy atom. The summed E-state index contributed by atoms with van der Waals surface area (Å²) in [5.74, 6) is -0.900. The summed E-state index contributed by atoms with van der Waals surface area (Å²) >= 11 is 0. The van der Waals surface area contributed by atoms with E-state index in [1.54, 1.807) is 13.8 Å². The molecule has 0 spiro atoms. The molecule has 4 heteroatoms. The summed E-state index contributed by atoms with van der Waals surface area (Å²) in [6, 6.07) is 0. The van der Waals surface area contributed by atoms with E-state index in [9.17, 15) is 4.79 Å². The Balaban J connectivity index is 2.72. The van der Waals surface area contributed by atoms with E-state index < -0.39 is 5.97 Å². The third-order valence-electron chi connectivity index (χ3n) is 2.02. The van der Waals surface area contributed by atoms with Gasteiger partial charge in [0.2, 0.25) is 0 Å². The van der Waals surface area contributed by atoms with Gasteiger partial charge in [-0.2, -0.15) is 0 Å². The van der Waals surface area contributed by atoms with Gasteiger partial charge in [-0.3, -0.25) is 0 Å². The zero-order valence-corrected chi connectivity index (χ0v) is 7.16. The van der Waals surface area contributed by atoms with Gasteiger partial charge in [-0.15, -0.1) is 0 Å². The van der Waals surface area contributed by atoms with Crippen LogP contribution in [0.15, 0.2) is 11.1 Å². The molecule has 0 aromatic carbocycles. The third-order valence-corrected chi connectivity index (χ3v) is 2.02. The van der Waals surface area contributed by atoms with Crippen molar-refractivity contribution in [1.82, 2.24) is 0 Å². The standard InChI is InChI=1S/C8H12O4/c1-5(6(2)8(9)10)7-3-11-4-12-7/h7H,3-4H2,1-2H3,(H,9,10). The number of carbonyl (C=O) groups is 1. The monoisotopic (exact) mass is 172 g/mol. The number of hydrogen-bond donors (Lipinski definition) is 1. The van der Waals surface area contributed by atoms with Crippen LogP contribution in [-0.4, -0.2) is 30.6 Å². The van der Waals surface area contributed by atoms with Crippen LogP contribution >= 0.6 is 0 Å². The van der Waals surface area contributed by atoms with Crippen LogP contribution in [0.2, 0.25) is 0 Å². The number of carboxylic acids is 1. The van der Waals surface area contributed by atoms with Gasteiger partial charge in [-0.1, -0.05) is 0 Å². The number of rotatable bonds is 2. The molecule has 0 saturated carbocycles. The second-order valence-corrected chi connectivity index (χ2v) is 2.76. The molecule has 12 heavy (non-hydrogen) atoms. The van der Waals surface area contributed by atoms with Gasteiger partial charge in [0.25, 0.3) is 0 Å². The van der Waals surface area contributed by atoms with Gasteiger partial charge in [0.05, 0.1) is 6.61 Å². The molecule has 1 atom stereocenters. The van der Waals surface area contributed by atoms with Crippen LogP contribution < -0.4 is 0 Å². The number of aliphatic carboxylic acids is 1. The minimum absolute atomic E-state index is 0.180. The summed E-state index contributed by atoms with van der Waals surface area (Å²) in [6.07, 6.45) is -0.180. The van der Waals surface area contributed by atoms with E-state index in [4.69, 9.17) is 14.6 Å². The van der Waals surface area contributed by atoms with Gasteiger partial charge < -0.3 is 14.6 Å². The molecule has 1 saturated heterocycles. The highest BCUT2D eigenvalue weighted by Gasteiger charge is 2.21. The van der Waals surface area contributed by atoms with E-state index in [-0.39, 0.29) is 12.9 Å².